The molecule has 2 N–H and O–H groups in total. The summed E-state index contributed by atoms with van der Waals surface area (Å²) in [4.78, 5) is 11.3. The van der Waals surface area contributed by atoms with E-state index < -0.39 is 11.9 Å². The number of hydrogen-bond donors (Lipinski definition) is 2. The lowest BCUT2D eigenvalue weighted by molar-refractivity contribution is -0.206. The lowest BCUT2D eigenvalue weighted by Crippen LogP contribution is -2.49. The predicted molar refractivity (Wildman–Crippen MR) is 76.5 cm³/mol. The zero-order chi connectivity index (χ0) is 14.3. The van der Waals surface area contributed by atoms with E-state index in [9.17, 15) is 9.90 Å². The molecule has 6 heteroatoms. The molecule has 0 aromatic rings. The smallest absolute Gasteiger partial charge is 0.217 e. The lowest BCUT2D eigenvalue weighted by atomic mass is 9.94. The quantitative estimate of drug-likeness (QED) is 0.798. The van der Waals surface area contributed by atoms with Crippen LogP contribution in [0.15, 0.2) is 0 Å². The fourth-order valence-corrected chi connectivity index (χ4v) is 4.79. The van der Waals surface area contributed by atoms with Crippen LogP contribution in [-0.2, 0) is 14.3 Å². The molecule has 5 atom stereocenters. The summed E-state index contributed by atoms with van der Waals surface area (Å²) in [6, 6.07) is -0.293. The van der Waals surface area contributed by atoms with E-state index in [0.717, 1.165) is 25.7 Å². The van der Waals surface area contributed by atoms with Crippen LogP contribution in [0, 0.1) is 0 Å². The summed E-state index contributed by atoms with van der Waals surface area (Å²) in [5.41, 5.74) is 0. The molecule has 2 aliphatic carbocycles. The number of aliphatic hydroxyl groups is 1. The number of hydrogen-bond acceptors (Lipinski definition) is 5. The number of rotatable bonds is 2. The van der Waals surface area contributed by atoms with Crippen LogP contribution < -0.4 is 5.32 Å². The molecule has 20 heavy (non-hydrogen) atoms. The maximum atomic E-state index is 11.3. The molecule has 1 heterocycles. The average Bonchev–Trinajstić information content (AvgIpc) is 2.87. The summed E-state index contributed by atoms with van der Waals surface area (Å²) in [5.74, 6) is -0.607. The molecular formula is C14H23NO4S. The monoisotopic (exact) mass is 301 g/mol. The van der Waals surface area contributed by atoms with E-state index in [1.807, 2.05) is 6.26 Å². The second-order valence-corrected chi connectivity index (χ2v) is 7.07. The van der Waals surface area contributed by atoms with Gasteiger partial charge in [0.25, 0.3) is 0 Å². The van der Waals surface area contributed by atoms with Gasteiger partial charge in [-0.25, -0.2) is 0 Å². The molecule has 5 nitrogen and oxygen atoms in total. The average molecular weight is 301 g/mol. The van der Waals surface area contributed by atoms with E-state index in [1.54, 1.807) is 11.8 Å². The number of ether oxygens (including phenoxy) is 2. The van der Waals surface area contributed by atoms with Crippen molar-refractivity contribution in [1.29, 1.82) is 0 Å². The van der Waals surface area contributed by atoms with Crippen molar-refractivity contribution in [2.75, 3.05) is 6.26 Å². The minimum absolute atomic E-state index is 0.0419. The molecule has 3 aliphatic rings. The molecule has 0 bridgehead atoms. The Hall–Kier alpha value is -0.300. The second kappa shape index (κ2) is 5.48. The molecule has 0 radical (unpaired) electrons. The number of carbonyl (C=O) groups is 1. The molecule has 1 saturated heterocycles. The third-order valence-corrected chi connectivity index (χ3v) is 5.77. The highest BCUT2D eigenvalue weighted by atomic mass is 32.2. The molecule has 114 valence electrons. The van der Waals surface area contributed by atoms with Crippen LogP contribution in [0.4, 0.5) is 0 Å². The van der Waals surface area contributed by atoms with Crippen molar-refractivity contribution >= 4 is 17.7 Å². The van der Waals surface area contributed by atoms with Crippen molar-refractivity contribution in [3.8, 4) is 0 Å². The Kier molecular flexibility index (Phi) is 4.01. The van der Waals surface area contributed by atoms with E-state index in [-0.39, 0.29) is 29.4 Å². The zero-order valence-corrected chi connectivity index (χ0v) is 12.8. The van der Waals surface area contributed by atoms with Gasteiger partial charge in [0.05, 0.1) is 11.3 Å². The molecule has 0 aromatic heterocycles. The van der Waals surface area contributed by atoms with Gasteiger partial charge in [0.2, 0.25) is 5.91 Å². The standard InChI is InChI=1S/C14H23NO4S/c1-8(16)15-9-10(17)11-12(13(9)20-2)19-14(18-11)6-4-3-5-7-14/h9-13,17H,3-7H2,1-2H3,(H,15,16)/t9-,10+,11+,12+,13+/m0/s1. The SMILES string of the molecule is CS[C@@H]1[C@@H](NC(C)=O)[C@@H](O)[C@H]2OC3(CCCCC3)O[C@H]21. The molecule has 1 amide bonds. The molecule has 0 aromatic carbocycles. The van der Waals surface area contributed by atoms with Gasteiger partial charge in [-0.1, -0.05) is 6.42 Å². The van der Waals surface area contributed by atoms with Crippen molar-refractivity contribution in [3.63, 3.8) is 0 Å². The maximum absolute atomic E-state index is 11.3. The molecule has 1 spiro atoms. The highest BCUT2D eigenvalue weighted by Gasteiger charge is 2.60. The first kappa shape index (κ1) is 14.6. The van der Waals surface area contributed by atoms with Crippen molar-refractivity contribution in [3.05, 3.63) is 0 Å². The van der Waals surface area contributed by atoms with Crippen LogP contribution in [0.1, 0.15) is 39.0 Å². The van der Waals surface area contributed by atoms with Crippen molar-refractivity contribution in [1.82, 2.24) is 5.32 Å². The third kappa shape index (κ3) is 2.36. The fourth-order valence-electron chi connectivity index (χ4n) is 3.79. The first-order valence-corrected chi connectivity index (χ1v) is 8.69. The zero-order valence-electron chi connectivity index (χ0n) is 12.0. The van der Waals surface area contributed by atoms with Gasteiger partial charge in [0.1, 0.15) is 18.3 Å². The summed E-state index contributed by atoms with van der Waals surface area (Å²) in [7, 11) is 0. The highest BCUT2D eigenvalue weighted by Crippen LogP contribution is 2.48. The summed E-state index contributed by atoms with van der Waals surface area (Å²) >= 11 is 1.63. The first-order valence-electron chi connectivity index (χ1n) is 7.40. The topological polar surface area (TPSA) is 67.8 Å². The van der Waals surface area contributed by atoms with E-state index in [4.69, 9.17) is 9.47 Å². The van der Waals surface area contributed by atoms with E-state index in [2.05, 4.69) is 5.32 Å². The van der Waals surface area contributed by atoms with E-state index in [1.165, 1.54) is 13.3 Å². The number of amides is 1. The Morgan fingerprint density at radius 1 is 1.25 bits per heavy atom. The minimum Gasteiger partial charge on any atom is -0.388 e. The van der Waals surface area contributed by atoms with Gasteiger partial charge < -0.3 is 19.9 Å². The highest BCUT2D eigenvalue weighted by molar-refractivity contribution is 7.99. The summed E-state index contributed by atoms with van der Waals surface area (Å²) in [6.45, 7) is 1.47. The van der Waals surface area contributed by atoms with Gasteiger partial charge in [0.15, 0.2) is 5.79 Å². The Labute approximate surface area is 123 Å². The normalized spacial score (nSPS) is 42.6. The van der Waals surface area contributed by atoms with Crippen molar-refractivity contribution in [2.24, 2.45) is 0 Å². The number of carbonyl (C=O) groups excluding carboxylic acids is 1. The molecule has 3 fully saturated rings. The number of thioether (sulfide) groups is 1. The largest absolute Gasteiger partial charge is 0.388 e. The molecule has 1 aliphatic heterocycles. The van der Waals surface area contributed by atoms with Crippen LogP contribution >= 0.6 is 11.8 Å². The van der Waals surface area contributed by atoms with Gasteiger partial charge in [-0.3, -0.25) is 4.79 Å². The Bertz CT molecular complexity index is 385. The van der Waals surface area contributed by atoms with E-state index in [0.29, 0.717) is 0 Å². The summed E-state index contributed by atoms with van der Waals surface area (Å²) < 4.78 is 12.4. The van der Waals surface area contributed by atoms with Crippen LogP contribution in [0.5, 0.6) is 0 Å². The van der Waals surface area contributed by atoms with Crippen LogP contribution in [0.2, 0.25) is 0 Å². The number of fused-ring (bicyclic) bond motifs is 1. The summed E-state index contributed by atoms with van der Waals surface area (Å²) in [6.07, 6.45) is 6.15. The predicted octanol–water partition coefficient (Wildman–Crippen LogP) is 1.04. The summed E-state index contributed by atoms with van der Waals surface area (Å²) in [5, 5.41) is 13.4. The number of nitrogens with one attached hydrogen (secondary N) is 1. The van der Waals surface area contributed by atoms with Gasteiger partial charge >= 0.3 is 0 Å². The van der Waals surface area contributed by atoms with Gasteiger partial charge in [-0.15, -0.1) is 0 Å². The van der Waals surface area contributed by atoms with Crippen molar-refractivity contribution in [2.45, 2.75) is 74.4 Å². The van der Waals surface area contributed by atoms with Crippen LogP contribution in [-0.4, -0.2) is 52.7 Å². The first-order chi connectivity index (χ1) is 9.56. The van der Waals surface area contributed by atoms with Crippen LogP contribution in [0.3, 0.4) is 0 Å². The third-order valence-electron chi connectivity index (χ3n) is 4.67. The Morgan fingerprint density at radius 2 is 1.90 bits per heavy atom. The Morgan fingerprint density at radius 3 is 2.50 bits per heavy atom. The molecule has 2 saturated carbocycles. The molecule has 0 unspecified atom stereocenters. The van der Waals surface area contributed by atoms with Gasteiger partial charge in [0, 0.05) is 19.8 Å². The molecule has 3 rings (SSSR count). The minimum atomic E-state index is -0.692. The molecular weight excluding hydrogens is 278 g/mol. The van der Waals surface area contributed by atoms with Gasteiger partial charge in [-0.2, -0.15) is 11.8 Å². The second-order valence-electron chi connectivity index (χ2n) is 6.05. The number of aliphatic hydroxyl groups excluding tert-OH is 1. The lowest BCUT2D eigenvalue weighted by Gasteiger charge is -2.35. The van der Waals surface area contributed by atoms with E-state index >= 15 is 0 Å². The van der Waals surface area contributed by atoms with Gasteiger partial charge in [-0.05, 0) is 19.1 Å². The Balaban J connectivity index is 1.76. The fraction of sp³-hybridized carbons (Fsp3) is 0.929. The maximum Gasteiger partial charge on any atom is 0.217 e. The van der Waals surface area contributed by atoms with Crippen molar-refractivity contribution < 1.29 is 19.4 Å². The van der Waals surface area contributed by atoms with Crippen LogP contribution in [0.25, 0.3) is 0 Å².